The third-order valence-corrected chi connectivity index (χ3v) is 14.3. The molecule has 404 valence electrons. The second-order valence-electron chi connectivity index (χ2n) is 21.8. The Morgan fingerprint density at radius 3 is 0.721 bits per heavy atom. The molecule has 0 fully saturated rings. The van der Waals surface area contributed by atoms with Crippen LogP contribution in [0.25, 0.3) is 0 Å². The van der Waals surface area contributed by atoms with E-state index in [1.54, 1.807) is 0 Å². The largest absolute Gasteiger partial charge is 0.462 e. The molecule has 0 heterocycles. The Kier molecular flexibility index (Phi) is 55.0. The molecule has 1 atom stereocenters. The molecule has 0 aromatic rings. The van der Waals surface area contributed by atoms with Gasteiger partial charge >= 0.3 is 17.9 Å². The van der Waals surface area contributed by atoms with Crippen molar-refractivity contribution in [2.75, 3.05) is 13.2 Å². The summed E-state index contributed by atoms with van der Waals surface area (Å²) in [6.07, 6.45) is 62.4. The minimum absolute atomic E-state index is 0.0613. The van der Waals surface area contributed by atoms with E-state index in [1.165, 1.54) is 250 Å². The van der Waals surface area contributed by atoms with Gasteiger partial charge in [0.25, 0.3) is 0 Å². The highest BCUT2D eigenvalue weighted by molar-refractivity contribution is 5.71. The highest BCUT2D eigenvalue weighted by Crippen LogP contribution is 2.18. The van der Waals surface area contributed by atoms with Crippen LogP contribution in [0.3, 0.4) is 0 Å². The van der Waals surface area contributed by atoms with Crippen molar-refractivity contribution >= 4 is 17.9 Å². The first-order valence-electron chi connectivity index (χ1n) is 30.9. The first-order valence-corrected chi connectivity index (χ1v) is 30.9. The molecule has 0 unspecified atom stereocenters. The second-order valence-corrected chi connectivity index (χ2v) is 21.8. The topological polar surface area (TPSA) is 78.9 Å². The van der Waals surface area contributed by atoms with Crippen molar-refractivity contribution in [2.45, 2.75) is 361 Å². The van der Waals surface area contributed by atoms with Crippen molar-refractivity contribution < 1.29 is 28.6 Å². The van der Waals surface area contributed by atoms with Crippen LogP contribution in [0.2, 0.25) is 0 Å². The van der Waals surface area contributed by atoms with Crippen LogP contribution in [0.5, 0.6) is 0 Å². The molecule has 0 aliphatic rings. The smallest absolute Gasteiger partial charge is 0.306 e. The number of hydrogen-bond acceptors (Lipinski definition) is 6. The minimum Gasteiger partial charge on any atom is -0.462 e. The van der Waals surface area contributed by atoms with Gasteiger partial charge in [-0.3, -0.25) is 14.4 Å². The third kappa shape index (κ3) is 55.3. The van der Waals surface area contributed by atoms with Gasteiger partial charge in [0, 0.05) is 19.3 Å². The molecule has 68 heavy (non-hydrogen) atoms. The van der Waals surface area contributed by atoms with E-state index in [9.17, 15) is 14.4 Å². The summed E-state index contributed by atoms with van der Waals surface area (Å²) >= 11 is 0. The van der Waals surface area contributed by atoms with E-state index in [-0.39, 0.29) is 31.1 Å². The van der Waals surface area contributed by atoms with Gasteiger partial charge in [0.2, 0.25) is 0 Å². The summed E-state index contributed by atoms with van der Waals surface area (Å²) < 4.78 is 16.9. The summed E-state index contributed by atoms with van der Waals surface area (Å²) in [4.78, 5) is 38.2. The molecular weight excluding hydrogens is 841 g/mol. The maximum absolute atomic E-state index is 12.9. The standard InChI is InChI=1S/C62H120O6/c1-5-7-9-11-13-15-17-19-21-22-23-26-30-33-37-41-45-49-53-60(63)66-56-59(68-62(65)55-51-47-43-39-35-29-20-18-16-14-12-10-8-6-2)57-67-61(64)54-50-46-42-38-34-31-27-24-25-28-32-36-40-44-48-52-58(3)4/h58-59H,5-57H2,1-4H3/t59-/m1/s1. The minimum atomic E-state index is -0.762. The number of hydrogen-bond donors (Lipinski definition) is 0. The van der Waals surface area contributed by atoms with Gasteiger partial charge in [-0.15, -0.1) is 0 Å². The van der Waals surface area contributed by atoms with Crippen molar-refractivity contribution in [2.24, 2.45) is 5.92 Å². The lowest BCUT2D eigenvalue weighted by molar-refractivity contribution is -0.167. The summed E-state index contributed by atoms with van der Waals surface area (Å²) in [5, 5.41) is 0. The first-order chi connectivity index (χ1) is 33.4. The Morgan fingerprint density at radius 1 is 0.279 bits per heavy atom. The van der Waals surface area contributed by atoms with Crippen molar-refractivity contribution in [3.8, 4) is 0 Å². The molecule has 0 spiro atoms. The van der Waals surface area contributed by atoms with Gasteiger partial charge in [-0.2, -0.15) is 0 Å². The zero-order chi connectivity index (χ0) is 49.5. The van der Waals surface area contributed by atoms with Crippen molar-refractivity contribution in [1.29, 1.82) is 0 Å². The highest BCUT2D eigenvalue weighted by Gasteiger charge is 2.19. The summed E-state index contributed by atoms with van der Waals surface area (Å²) in [5.74, 6) is 0.0193. The van der Waals surface area contributed by atoms with Crippen LogP contribution in [0.15, 0.2) is 0 Å². The van der Waals surface area contributed by atoms with Crippen molar-refractivity contribution in [3.05, 3.63) is 0 Å². The second kappa shape index (κ2) is 56.3. The number of rotatable bonds is 57. The first kappa shape index (κ1) is 66.4. The molecule has 0 saturated heterocycles. The Bertz CT molecular complexity index is 1030. The summed E-state index contributed by atoms with van der Waals surface area (Å²) in [7, 11) is 0. The van der Waals surface area contributed by atoms with E-state index in [1.807, 2.05) is 0 Å². The molecule has 0 saturated carbocycles. The molecule has 0 aliphatic carbocycles. The zero-order valence-electron chi connectivity index (χ0n) is 46.6. The van der Waals surface area contributed by atoms with Gasteiger partial charge in [0.15, 0.2) is 6.10 Å². The van der Waals surface area contributed by atoms with Gasteiger partial charge in [-0.1, -0.05) is 317 Å². The lowest BCUT2D eigenvalue weighted by Gasteiger charge is -2.18. The number of carbonyl (C=O) groups is 3. The number of esters is 3. The molecule has 0 rings (SSSR count). The quantitative estimate of drug-likeness (QED) is 0.0343. The number of carbonyl (C=O) groups excluding carboxylic acids is 3. The summed E-state index contributed by atoms with van der Waals surface area (Å²) in [6, 6.07) is 0. The maximum atomic E-state index is 12.9. The lowest BCUT2D eigenvalue weighted by Crippen LogP contribution is -2.30. The third-order valence-electron chi connectivity index (χ3n) is 14.3. The average molecular weight is 962 g/mol. The van der Waals surface area contributed by atoms with Gasteiger partial charge in [-0.25, -0.2) is 0 Å². The molecule has 0 aromatic carbocycles. The number of ether oxygens (including phenoxy) is 3. The molecule has 0 amide bonds. The summed E-state index contributed by atoms with van der Waals surface area (Å²) in [6.45, 7) is 9.09. The molecule has 6 heteroatoms. The molecule has 0 aromatic heterocycles. The predicted octanol–water partition coefficient (Wildman–Crippen LogP) is 20.6. The predicted molar refractivity (Wildman–Crippen MR) is 293 cm³/mol. The number of unbranched alkanes of at least 4 members (excludes halogenated alkanes) is 44. The van der Waals surface area contributed by atoms with Gasteiger partial charge in [0.05, 0.1) is 0 Å². The van der Waals surface area contributed by atoms with E-state index in [2.05, 4.69) is 27.7 Å². The van der Waals surface area contributed by atoms with Crippen LogP contribution in [0, 0.1) is 5.92 Å². The fraction of sp³-hybridized carbons (Fsp3) is 0.952. The Morgan fingerprint density at radius 2 is 0.485 bits per heavy atom. The Labute approximate surface area is 425 Å². The normalized spacial score (nSPS) is 12.0. The van der Waals surface area contributed by atoms with Gasteiger partial charge in [-0.05, 0) is 25.2 Å². The lowest BCUT2D eigenvalue weighted by atomic mass is 10.0. The van der Waals surface area contributed by atoms with Gasteiger partial charge in [0.1, 0.15) is 13.2 Å². The Hall–Kier alpha value is -1.59. The van der Waals surface area contributed by atoms with E-state index in [4.69, 9.17) is 14.2 Å². The molecule has 0 aliphatic heterocycles. The molecule has 0 N–H and O–H groups in total. The van der Waals surface area contributed by atoms with E-state index >= 15 is 0 Å². The Balaban J connectivity index is 4.27. The maximum Gasteiger partial charge on any atom is 0.306 e. The summed E-state index contributed by atoms with van der Waals surface area (Å²) in [5.41, 5.74) is 0. The highest BCUT2D eigenvalue weighted by atomic mass is 16.6. The molecule has 0 bridgehead atoms. The SMILES string of the molecule is CCCCCCCCCCCCCCCCCCCCC(=O)OC[C@H](COC(=O)CCCCCCCCCCCCCCCCCC(C)C)OC(=O)CCCCCCCCCCCCCCCC. The van der Waals surface area contributed by atoms with E-state index in [0.717, 1.165) is 63.7 Å². The zero-order valence-corrected chi connectivity index (χ0v) is 46.6. The molecular formula is C62H120O6. The van der Waals surface area contributed by atoms with Crippen molar-refractivity contribution in [3.63, 3.8) is 0 Å². The molecule has 0 radical (unpaired) electrons. The fourth-order valence-corrected chi connectivity index (χ4v) is 9.63. The fourth-order valence-electron chi connectivity index (χ4n) is 9.63. The van der Waals surface area contributed by atoms with Crippen LogP contribution in [0.4, 0.5) is 0 Å². The van der Waals surface area contributed by atoms with Crippen LogP contribution in [0.1, 0.15) is 355 Å². The van der Waals surface area contributed by atoms with Crippen LogP contribution in [-0.2, 0) is 28.6 Å². The average Bonchev–Trinajstić information content (AvgIpc) is 3.32. The van der Waals surface area contributed by atoms with E-state index < -0.39 is 6.10 Å². The van der Waals surface area contributed by atoms with E-state index in [0.29, 0.717) is 19.3 Å². The monoisotopic (exact) mass is 961 g/mol. The van der Waals surface area contributed by atoms with Crippen LogP contribution < -0.4 is 0 Å². The van der Waals surface area contributed by atoms with Gasteiger partial charge < -0.3 is 14.2 Å². The van der Waals surface area contributed by atoms with Crippen LogP contribution >= 0.6 is 0 Å². The molecule has 6 nitrogen and oxygen atoms in total. The van der Waals surface area contributed by atoms with Crippen molar-refractivity contribution in [1.82, 2.24) is 0 Å². The van der Waals surface area contributed by atoms with Crippen LogP contribution in [-0.4, -0.2) is 37.2 Å².